The molecule has 0 bridgehead atoms. The highest BCUT2D eigenvalue weighted by Gasteiger charge is 2.14. The van der Waals surface area contributed by atoms with E-state index in [0.29, 0.717) is 29.0 Å². The summed E-state index contributed by atoms with van der Waals surface area (Å²) in [7, 11) is -3.75. The number of hydrogen-bond acceptors (Lipinski definition) is 4. The third-order valence-corrected chi connectivity index (χ3v) is 4.51. The molecule has 2 aromatic rings. The summed E-state index contributed by atoms with van der Waals surface area (Å²) in [4.78, 5) is 12.0. The van der Waals surface area contributed by atoms with Gasteiger partial charge in [0.1, 0.15) is 12.4 Å². The fourth-order valence-electron chi connectivity index (χ4n) is 2.24. The smallest absolute Gasteiger partial charge is 0.251 e. The Kier molecular flexibility index (Phi) is 5.58. The Hall–Kier alpha value is -2.38. The number of ether oxygens (including phenoxy) is 1. The minimum atomic E-state index is -3.75. The molecule has 0 aliphatic carbocycles. The van der Waals surface area contributed by atoms with Gasteiger partial charge in [-0.15, -0.1) is 0 Å². The average molecular weight is 348 g/mol. The molecule has 0 heterocycles. The molecule has 0 aromatic heterocycles. The summed E-state index contributed by atoms with van der Waals surface area (Å²) in [6, 6.07) is 12.0. The van der Waals surface area contributed by atoms with Crippen LogP contribution in [0.15, 0.2) is 47.4 Å². The highest BCUT2D eigenvalue weighted by atomic mass is 32.2. The van der Waals surface area contributed by atoms with Crippen molar-refractivity contribution >= 4 is 15.9 Å². The van der Waals surface area contributed by atoms with E-state index in [0.717, 1.165) is 0 Å². The van der Waals surface area contributed by atoms with Crippen LogP contribution in [-0.2, 0) is 10.0 Å². The van der Waals surface area contributed by atoms with Crippen molar-refractivity contribution in [2.24, 2.45) is 5.14 Å². The zero-order valence-electron chi connectivity index (χ0n) is 13.6. The molecule has 6 nitrogen and oxygen atoms in total. The van der Waals surface area contributed by atoms with Crippen molar-refractivity contribution in [1.82, 2.24) is 5.32 Å². The van der Waals surface area contributed by atoms with Crippen LogP contribution in [0.1, 0.15) is 21.5 Å². The van der Waals surface area contributed by atoms with E-state index in [1.807, 2.05) is 6.07 Å². The molecule has 3 N–H and O–H groups in total. The molecule has 128 valence electrons. The maximum Gasteiger partial charge on any atom is 0.251 e. The molecule has 0 saturated heterocycles. The number of rotatable bonds is 6. The molecule has 2 aromatic carbocycles. The van der Waals surface area contributed by atoms with E-state index < -0.39 is 10.0 Å². The summed E-state index contributed by atoms with van der Waals surface area (Å²) in [5.74, 6) is 0.394. The van der Waals surface area contributed by atoms with Crippen molar-refractivity contribution in [2.45, 2.75) is 18.7 Å². The quantitative estimate of drug-likeness (QED) is 0.777. The van der Waals surface area contributed by atoms with E-state index in [1.165, 1.54) is 6.07 Å². The summed E-state index contributed by atoms with van der Waals surface area (Å²) >= 11 is 0. The molecule has 0 fully saturated rings. The Labute approximate surface area is 141 Å². The van der Waals surface area contributed by atoms with Gasteiger partial charge in [-0.25, -0.2) is 13.6 Å². The lowest BCUT2D eigenvalue weighted by Crippen LogP contribution is -2.28. The predicted octanol–water partition coefficient (Wildman–Crippen LogP) is 1.76. The number of nitrogens with one attached hydrogen (secondary N) is 1. The summed E-state index contributed by atoms with van der Waals surface area (Å²) in [5, 5.41) is 7.93. The number of carbonyl (C=O) groups is 1. The number of amides is 1. The van der Waals surface area contributed by atoms with Gasteiger partial charge >= 0.3 is 0 Å². The van der Waals surface area contributed by atoms with Gasteiger partial charge in [0.2, 0.25) is 10.0 Å². The standard InChI is InChI=1S/C17H20N2O4S/c1-12-11-16(24(18,21)22)13(2)10-15(12)23-9-8-19-17(20)14-6-4-3-5-7-14/h3-7,10-11H,8-9H2,1-2H3,(H,19,20)(H2,18,21,22). The molecule has 0 saturated carbocycles. The van der Waals surface area contributed by atoms with Crippen LogP contribution in [0.3, 0.4) is 0 Å². The Balaban J connectivity index is 1.93. The van der Waals surface area contributed by atoms with Crippen LogP contribution >= 0.6 is 0 Å². The largest absolute Gasteiger partial charge is 0.491 e. The Morgan fingerprint density at radius 1 is 1.12 bits per heavy atom. The van der Waals surface area contributed by atoms with Gasteiger partial charge in [-0.05, 0) is 49.2 Å². The molecule has 1 amide bonds. The van der Waals surface area contributed by atoms with Crippen molar-refractivity contribution in [3.05, 3.63) is 59.2 Å². The second-order valence-corrected chi connectivity index (χ2v) is 6.93. The molecule has 0 unspecified atom stereocenters. The van der Waals surface area contributed by atoms with Gasteiger partial charge in [0.25, 0.3) is 5.91 Å². The van der Waals surface area contributed by atoms with Gasteiger partial charge < -0.3 is 10.1 Å². The Morgan fingerprint density at radius 3 is 2.42 bits per heavy atom. The van der Waals surface area contributed by atoms with Gasteiger partial charge in [0, 0.05) is 5.56 Å². The number of carbonyl (C=O) groups excluding carboxylic acids is 1. The van der Waals surface area contributed by atoms with Crippen molar-refractivity contribution in [3.63, 3.8) is 0 Å². The molecule has 24 heavy (non-hydrogen) atoms. The van der Waals surface area contributed by atoms with Crippen molar-refractivity contribution < 1.29 is 17.9 Å². The summed E-state index contributed by atoms with van der Waals surface area (Å²) in [6.45, 7) is 4.01. The van der Waals surface area contributed by atoms with Crippen LogP contribution in [-0.4, -0.2) is 27.5 Å². The van der Waals surface area contributed by atoms with E-state index in [2.05, 4.69) is 5.32 Å². The zero-order chi connectivity index (χ0) is 17.7. The first-order valence-corrected chi connectivity index (χ1v) is 8.94. The Bertz CT molecular complexity index is 833. The van der Waals surface area contributed by atoms with E-state index in [-0.39, 0.29) is 17.4 Å². The molecular formula is C17H20N2O4S. The number of nitrogens with two attached hydrogens (primary N) is 1. The van der Waals surface area contributed by atoms with E-state index in [1.54, 1.807) is 44.2 Å². The van der Waals surface area contributed by atoms with Gasteiger partial charge in [-0.2, -0.15) is 0 Å². The van der Waals surface area contributed by atoms with Crippen LogP contribution in [0.4, 0.5) is 0 Å². The van der Waals surface area contributed by atoms with E-state index in [4.69, 9.17) is 9.88 Å². The zero-order valence-corrected chi connectivity index (χ0v) is 14.4. The lowest BCUT2D eigenvalue weighted by atomic mass is 10.1. The molecular weight excluding hydrogens is 328 g/mol. The topological polar surface area (TPSA) is 98.5 Å². The first kappa shape index (κ1) is 18.0. The highest BCUT2D eigenvalue weighted by Crippen LogP contribution is 2.25. The fourth-order valence-corrected chi connectivity index (χ4v) is 3.09. The van der Waals surface area contributed by atoms with Gasteiger partial charge in [0.15, 0.2) is 0 Å². The lowest BCUT2D eigenvalue weighted by Gasteiger charge is -2.13. The number of hydrogen-bond donors (Lipinski definition) is 2. The minimum Gasteiger partial charge on any atom is -0.491 e. The maximum absolute atomic E-state index is 11.9. The SMILES string of the molecule is Cc1cc(S(N)(=O)=O)c(C)cc1OCCNC(=O)c1ccccc1. The van der Waals surface area contributed by atoms with E-state index in [9.17, 15) is 13.2 Å². The summed E-state index contributed by atoms with van der Waals surface area (Å²) < 4.78 is 28.6. The molecule has 2 rings (SSSR count). The summed E-state index contributed by atoms with van der Waals surface area (Å²) in [5.41, 5.74) is 1.77. The molecule has 0 radical (unpaired) electrons. The Morgan fingerprint density at radius 2 is 1.79 bits per heavy atom. The number of sulfonamides is 1. The number of benzene rings is 2. The molecule has 0 aliphatic rings. The fraction of sp³-hybridized carbons (Fsp3) is 0.235. The van der Waals surface area contributed by atoms with Crippen LogP contribution in [0.25, 0.3) is 0 Å². The van der Waals surface area contributed by atoms with Crippen LogP contribution in [0.2, 0.25) is 0 Å². The molecule has 0 atom stereocenters. The normalized spacial score (nSPS) is 11.1. The molecule has 0 aliphatic heterocycles. The number of aryl methyl sites for hydroxylation is 2. The van der Waals surface area contributed by atoms with Crippen molar-refractivity contribution in [3.8, 4) is 5.75 Å². The third-order valence-electron chi connectivity index (χ3n) is 3.46. The molecule has 0 spiro atoms. The van der Waals surface area contributed by atoms with Gasteiger partial charge in [-0.3, -0.25) is 4.79 Å². The van der Waals surface area contributed by atoms with Gasteiger partial charge in [0.05, 0.1) is 11.4 Å². The van der Waals surface area contributed by atoms with Crippen molar-refractivity contribution in [2.75, 3.05) is 13.2 Å². The first-order chi connectivity index (χ1) is 11.3. The first-order valence-electron chi connectivity index (χ1n) is 7.39. The monoisotopic (exact) mass is 348 g/mol. The predicted molar refractivity (Wildman–Crippen MR) is 91.6 cm³/mol. The minimum absolute atomic E-state index is 0.0877. The van der Waals surface area contributed by atoms with E-state index >= 15 is 0 Å². The second-order valence-electron chi connectivity index (χ2n) is 5.40. The maximum atomic E-state index is 11.9. The highest BCUT2D eigenvalue weighted by molar-refractivity contribution is 7.89. The lowest BCUT2D eigenvalue weighted by molar-refractivity contribution is 0.0947. The van der Waals surface area contributed by atoms with Crippen LogP contribution in [0, 0.1) is 13.8 Å². The summed E-state index contributed by atoms with van der Waals surface area (Å²) in [6.07, 6.45) is 0. The second kappa shape index (κ2) is 7.46. The van der Waals surface area contributed by atoms with Crippen molar-refractivity contribution in [1.29, 1.82) is 0 Å². The van der Waals surface area contributed by atoms with Crippen LogP contribution in [0.5, 0.6) is 5.75 Å². The average Bonchev–Trinajstić information content (AvgIpc) is 2.53. The van der Waals surface area contributed by atoms with Gasteiger partial charge in [-0.1, -0.05) is 18.2 Å². The third kappa shape index (κ3) is 4.56. The molecule has 7 heteroatoms. The van der Waals surface area contributed by atoms with Crippen LogP contribution < -0.4 is 15.2 Å². The number of primary sulfonamides is 1.